The van der Waals surface area contributed by atoms with Crippen molar-refractivity contribution in [1.29, 1.82) is 0 Å². The fraction of sp³-hybridized carbons (Fsp3) is 0.788. The van der Waals surface area contributed by atoms with Crippen molar-refractivity contribution in [1.82, 2.24) is 0 Å². The maximum atomic E-state index is 11.7. The Labute approximate surface area is 248 Å². The first-order valence-corrected chi connectivity index (χ1v) is 15.9. The molecule has 3 N–H and O–H groups in total. The predicted octanol–water partition coefficient (Wildman–Crippen LogP) is 4.03. The van der Waals surface area contributed by atoms with Crippen molar-refractivity contribution in [3.63, 3.8) is 0 Å². The third kappa shape index (κ3) is 4.75. The molecule has 4 aliphatic carbocycles. The minimum atomic E-state index is -1.30. The summed E-state index contributed by atoms with van der Waals surface area (Å²) in [6.45, 7) is 9.36. The van der Waals surface area contributed by atoms with Gasteiger partial charge in [-0.3, -0.25) is 0 Å². The van der Waals surface area contributed by atoms with Gasteiger partial charge in [-0.1, -0.05) is 25.5 Å². The van der Waals surface area contributed by atoms with E-state index in [9.17, 15) is 20.1 Å². The molecule has 234 valence electrons. The number of rotatable bonds is 7. The molecule has 1 aromatic rings. The zero-order valence-corrected chi connectivity index (χ0v) is 25.4. The summed E-state index contributed by atoms with van der Waals surface area (Å²) in [5.41, 5.74) is 1.73. The van der Waals surface area contributed by atoms with E-state index in [0.29, 0.717) is 18.4 Å². The molecule has 12 atom stereocenters. The summed E-state index contributed by atoms with van der Waals surface area (Å²) in [5.74, 6) is 1.07. The second kappa shape index (κ2) is 11.4. The van der Waals surface area contributed by atoms with Crippen LogP contribution >= 0.6 is 0 Å². The van der Waals surface area contributed by atoms with Gasteiger partial charge in [0.2, 0.25) is 0 Å². The highest BCUT2D eigenvalue weighted by Crippen LogP contribution is 2.71. The van der Waals surface area contributed by atoms with Crippen LogP contribution in [0, 0.1) is 22.7 Å². The molecule has 0 amide bonds. The van der Waals surface area contributed by atoms with E-state index in [4.69, 9.17) is 23.4 Å². The lowest BCUT2D eigenvalue weighted by Gasteiger charge is -2.63. The Morgan fingerprint density at radius 3 is 2.52 bits per heavy atom. The molecule has 0 unspecified atom stereocenters. The highest BCUT2D eigenvalue weighted by molar-refractivity contribution is 5.31. The molecule has 1 aromatic heterocycles. The molecule has 9 nitrogen and oxygen atoms in total. The van der Waals surface area contributed by atoms with Gasteiger partial charge in [0.1, 0.15) is 25.1 Å². The standard InChI is InChI=1S/C33H48O9/c1-5-38-18-40-33-15-12-23(20-6-9-26(34)39-17-20)32(33,4)14-11-24-25(33)8-7-21-16-22(10-13-31(21,24)3)42-30-29(37)28(36)27(35)19(2)41-30/h6,9,16-17,19,22-25,27-30,35-37H,5,7-8,10-15,18H2,1-4H3/t19-,22-,23+,24-,25+,27-,28+,29+,30-,31-,32+,33-/m0/s1. The van der Waals surface area contributed by atoms with Crippen molar-refractivity contribution in [2.75, 3.05) is 13.4 Å². The van der Waals surface area contributed by atoms with E-state index in [1.807, 2.05) is 13.0 Å². The quantitative estimate of drug-likeness (QED) is 0.246. The Morgan fingerprint density at radius 2 is 1.79 bits per heavy atom. The molecule has 3 saturated carbocycles. The van der Waals surface area contributed by atoms with Gasteiger partial charge in [-0.2, -0.15) is 0 Å². The van der Waals surface area contributed by atoms with Crippen molar-refractivity contribution in [3.8, 4) is 0 Å². The van der Waals surface area contributed by atoms with Gasteiger partial charge in [0, 0.05) is 18.1 Å². The Balaban J connectivity index is 1.26. The fourth-order valence-corrected chi connectivity index (χ4v) is 9.72. The van der Waals surface area contributed by atoms with E-state index in [-0.39, 0.29) is 40.9 Å². The highest BCUT2D eigenvalue weighted by atomic mass is 16.7. The maximum absolute atomic E-state index is 11.7. The Morgan fingerprint density at radius 1 is 0.976 bits per heavy atom. The minimum absolute atomic E-state index is 0.0126. The molecule has 0 radical (unpaired) electrons. The minimum Gasteiger partial charge on any atom is -0.431 e. The normalized spacial score (nSPS) is 46.8. The average Bonchev–Trinajstić information content (AvgIpc) is 3.28. The van der Waals surface area contributed by atoms with Gasteiger partial charge in [-0.15, -0.1) is 0 Å². The molecule has 4 fully saturated rings. The second-order valence-corrected chi connectivity index (χ2v) is 13.8. The molecule has 1 aliphatic heterocycles. The number of fused-ring (bicyclic) bond motifs is 5. The summed E-state index contributed by atoms with van der Waals surface area (Å²) in [5, 5.41) is 30.8. The smallest absolute Gasteiger partial charge is 0.335 e. The van der Waals surface area contributed by atoms with Gasteiger partial charge < -0.3 is 38.7 Å². The molecule has 42 heavy (non-hydrogen) atoms. The van der Waals surface area contributed by atoms with Crippen LogP contribution in [0.5, 0.6) is 0 Å². The van der Waals surface area contributed by atoms with Gasteiger partial charge in [-0.25, -0.2) is 4.79 Å². The lowest BCUT2D eigenvalue weighted by molar-refractivity contribution is -0.301. The number of hydrogen-bond acceptors (Lipinski definition) is 9. The van der Waals surface area contributed by atoms with Crippen LogP contribution in [0.4, 0.5) is 0 Å². The SMILES string of the molecule is CCOCO[C@]12CC[C@H](c3ccc(=O)oc3)[C@@]1(C)CC[C@H]1[C@H]2CCC2=C[C@@H](O[C@@H]3O[C@@H](C)[C@H](O)[C@@H](O)[C@H]3O)CC[C@@]21C. The van der Waals surface area contributed by atoms with Crippen LogP contribution in [0.1, 0.15) is 90.5 Å². The first-order chi connectivity index (χ1) is 20.0. The first kappa shape index (κ1) is 30.4. The van der Waals surface area contributed by atoms with E-state index < -0.39 is 30.7 Å². The molecule has 6 rings (SSSR count). The van der Waals surface area contributed by atoms with Crippen LogP contribution < -0.4 is 5.63 Å². The second-order valence-electron chi connectivity index (χ2n) is 13.8. The van der Waals surface area contributed by atoms with E-state index in [2.05, 4.69) is 19.9 Å². The lowest BCUT2D eigenvalue weighted by atomic mass is 9.45. The average molecular weight is 589 g/mol. The molecule has 0 bridgehead atoms. The number of aliphatic hydroxyl groups is 3. The molecule has 0 spiro atoms. The molecule has 9 heteroatoms. The van der Waals surface area contributed by atoms with Crippen molar-refractivity contribution < 1.29 is 38.7 Å². The van der Waals surface area contributed by atoms with Crippen LogP contribution in [0.25, 0.3) is 0 Å². The van der Waals surface area contributed by atoms with Gasteiger partial charge in [0.05, 0.1) is 24.1 Å². The van der Waals surface area contributed by atoms with Crippen LogP contribution in [-0.4, -0.2) is 71.1 Å². The van der Waals surface area contributed by atoms with E-state index in [1.54, 1.807) is 13.2 Å². The van der Waals surface area contributed by atoms with E-state index >= 15 is 0 Å². The Kier molecular flexibility index (Phi) is 8.26. The van der Waals surface area contributed by atoms with E-state index in [1.165, 1.54) is 11.6 Å². The summed E-state index contributed by atoms with van der Waals surface area (Å²) in [6.07, 6.45) is 6.07. The molecule has 1 saturated heterocycles. The summed E-state index contributed by atoms with van der Waals surface area (Å²) >= 11 is 0. The monoisotopic (exact) mass is 588 g/mol. The van der Waals surface area contributed by atoms with E-state index in [0.717, 1.165) is 56.9 Å². The molecular weight excluding hydrogens is 540 g/mol. The highest BCUT2D eigenvalue weighted by Gasteiger charge is 2.68. The molecule has 0 aromatic carbocycles. The summed E-state index contributed by atoms with van der Waals surface area (Å²) in [4.78, 5) is 11.7. The molecular formula is C33H48O9. The van der Waals surface area contributed by atoms with Gasteiger partial charge in [0.25, 0.3) is 0 Å². The fourth-order valence-electron chi connectivity index (χ4n) is 9.72. The Bertz CT molecular complexity index is 1190. The number of allylic oxidation sites excluding steroid dienone is 1. The largest absolute Gasteiger partial charge is 0.431 e. The number of aliphatic hydroxyl groups excluding tert-OH is 3. The van der Waals surface area contributed by atoms with Crippen LogP contribution in [0.3, 0.4) is 0 Å². The van der Waals surface area contributed by atoms with Gasteiger partial charge in [-0.05, 0) is 100 Å². The van der Waals surface area contributed by atoms with Crippen molar-refractivity contribution in [2.45, 2.75) is 127 Å². The maximum Gasteiger partial charge on any atom is 0.335 e. The number of ether oxygens (including phenoxy) is 4. The Hall–Kier alpha value is -1.59. The van der Waals surface area contributed by atoms with Gasteiger partial charge in [0.15, 0.2) is 6.29 Å². The van der Waals surface area contributed by atoms with Crippen molar-refractivity contribution in [3.05, 3.63) is 46.0 Å². The zero-order valence-electron chi connectivity index (χ0n) is 25.4. The lowest BCUT2D eigenvalue weighted by Crippen LogP contribution is -2.62. The van der Waals surface area contributed by atoms with Crippen LogP contribution in [0.15, 0.2) is 39.3 Å². The molecule has 5 aliphatic rings. The van der Waals surface area contributed by atoms with Crippen LogP contribution in [0.2, 0.25) is 0 Å². The molecule has 2 heterocycles. The van der Waals surface area contributed by atoms with Crippen LogP contribution in [-0.2, 0) is 18.9 Å². The summed E-state index contributed by atoms with van der Waals surface area (Å²) < 4.78 is 30.0. The topological polar surface area (TPSA) is 128 Å². The van der Waals surface area contributed by atoms with Gasteiger partial charge >= 0.3 is 5.63 Å². The third-order valence-corrected chi connectivity index (χ3v) is 12.1. The summed E-state index contributed by atoms with van der Waals surface area (Å²) in [7, 11) is 0. The predicted molar refractivity (Wildman–Crippen MR) is 153 cm³/mol. The van der Waals surface area contributed by atoms with Crippen molar-refractivity contribution in [2.24, 2.45) is 22.7 Å². The summed E-state index contributed by atoms with van der Waals surface area (Å²) in [6, 6.07) is 3.47. The first-order valence-electron chi connectivity index (χ1n) is 15.9. The number of hydrogen-bond donors (Lipinski definition) is 3. The zero-order chi connectivity index (χ0) is 29.9. The third-order valence-electron chi connectivity index (χ3n) is 12.1. The van der Waals surface area contributed by atoms with Crippen molar-refractivity contribution >= 4 is 0 Å².